The largest absolute Gasteiger partial charge is 0.493 e. The summed E-state index contributed by atoms with van der Waals surface area (Å²) in [6.07, 6.45) is 1.58. The first kappa shape index (κ1) is 17.8. The van der Waals surface area contributed by atoms with E-state index in [1.165, 1.54) is 0 Å². The van der Waals surface area contributed by atoms with Crippen LogP contribution in [0.4, 0.5) is 0 Å². The number of carbonyl (C=O) groups excluding carboxylic acids is 1. The summed E-state index contributed by atoms with van der Waals surface area (Å²) in [6, 6.07) is 14.6. The fourth-order valence-corrected chi connectivity index (χ4v) is 2.27. The molecule has 1 unspecified atom stereocenters. The van der Waals surface area contributed by atoms with Crippen molar-refractivity contribution in [3.8, 4) is 17.2 Å². The molecule has 2 rings (SSSR count). The van der Waals surface area contributed by atoms with Crippen molar-refractivity contribution >= 4 is 5.91 Å². The summed E-state index contributed by atoms with van der Waals surface area (Å²) in [5.74, 6) is 1.92. The van der Waals surface area contributed by atoms with Crippen molar-refractivity contribution in [2.45, 2.75) is 32.4 Å². The molecular weight excluding hydrogens is 304 g/mol. The number of hydrogen-bond donors (Lipinski definition) is 2. The van der Waals surface area contributed by atoms with E-state index in [1.807, 2.05) is 55.5 Å². The van der Waals surface area contributed by atoms with Gasteiger partial charge in [-0.25, -0.2) is 0 Å². The first-order valence-corrected chi connectivity index (χ1v) is 8.07. The van der Waals surface area contributed by atoms with E-state index in [0.717, 1.165) is 12.0 Å². The third kappa shape index (κ3) is 4.99. The Morgan fingerprint density at radius 1 is 1.12 bits per heavy atom. The zero-order valence-electron chi connectivity index (χ0n) is 14.1. The van der Waals surface area contributed by atoms with Gasteiger partial charge in [-0.1, -0.05) is 37.6 Å². The number of para-hydroxylation sites is 2. The molecule has 0 spiro atoms. The number of ether oxygens (including phenoxy) is 2. The molecule has 2 aromatic carbocycles. The van der Waals surface area contributed by atoms with Gasteiger partial charge < -0.3 is 20.5 Å². The fraction of sp³-hybridized carbons (Fsp3) is 0.316. The van der Waals surface area contributed by atoms with Gasteiger partial charge >= 0.3 is 0 Å². The molecule has 0 saturated carbocycles. The normalized spacial score (nSPS) is 11.6. The Kier molecular flexibility index (Phi) is 6.63. The molecule has 0 aromatic heterocycles. The minimum atomic E-state index is -0.442. The van der Waals surface area contributed by atoms with Crippen LogP contribution < -0.4 is 20.5 Å². The van der Waals surface area contributed by atoms with E-state index < -0.39 is 6.04 Å². The quantitative estimate of drug-likeness (QED) is 0.780. The van der Waals surface area contributed by atoms with Crippen LogP contribution in [0.1, 0.15) is 25.3 Å². The zero-order chi connectivity index (χ0) is 17.4. The van der Waals surface area contributed by atoms with Crippen LogP contribution >= 0.6 is 0 Å². The van der Waals surface area contributed by atoms with Crippen molar-refractivity contribution in [1.29, 1.82) is 0 Å². The molecular formula is C19H24N2O3. The van der Waals surface area contributed by atoms with Gasteiger partial charge in [0.1, 0.15) is 5.75 Å². The van der Waals surface area contributed by atoms with Gasteiger partial charge in [0.25, 0.3) is 0 Å². The molecule has 0 fully saturated rings. The lowest BCUT2D eigenvalue weighted by atomic mass is 10.1. The third-order valence-corrected chi connectivity index (χ3v) is 3.62. The summed E-state index contributed by atoms with van der Waals surface area (Å²) in [5, 5.41) is 2.85. The lowest BCUT2D eigenvalue weighted by Crippen LogP contribution is -2.40. The molecule has 0 saturated heterocycles. The Hall–Kier alpha value is -2.53. The predicted molar refractivity (Wildman–Crippen MR) is 94.2 cm³/mol. The Balaban J connectivity index is 1.92. The lowest BCUT2D eigenvalue weighted by Gasteiger charge is -2.12. The second kappa shape index (κ2) is 8.93. The van der Waals surface area contributed by atoms with Crippen LogP contribution in [0.25, 0.3) is 0 Å². The van der Waals surface area contributed by atoms with Crippen LogP contribution in [0.2, 0.25) is 0 Å². The van der Waals surface area contributed by atoms with Crippen molar-refractivity contribution in [2.75, 3.05) is 7.11 Å². The maximum Gasteiger partial charge on any atom is 0.237 e. The average molecular weight is 328 g/mol. The average Bonchev–Trinajstić information content (AvgIpc) is 2.61. The van der Waals surface area contributed by atoms with Crippen LogP contribution in [-0.4, -0.2) is 19.1 Å². The van der Waals surface area contributed by atoms with E-state index in [9.17, 15) is 4.79 Å². The van der Waals surface area contributed by atoms with Crippen molar-refractivity contribution in [3.63, 3.8) is 0 Å². The van der Waals surface area contributed by atoms with E-state index in [2.05, 4.69) is 5.32 Å². The molecule has 1 atom stereocenters. The van der Waals surface area contributed by atoms with Crippen LogP contribution in [0.5, 0.6) is 17.2 Å². The standard InChI is InChI=1S/C19H24N2O3/c1-3-6-16(20)19(22)21-13-14-9-11-15(12-10-14)24-18-8-5-4-7-17(18)23-2/h4-5,7-12,16H,3,6,13,20H2,1-2H3,(H,21,22). The molecule has 0 bridgehead atoms. The molecule has 0 aliphatic carbocycles. The number of hydrogen-bond acceptors (Lipinski definition) is 4. The van der Waals surface area contributed by atoms with Gasteiger partial charge in [-0.2, -0.15) is 0 Å². The Morgan fingerprint density at radius 3 is 2.42 bits per heavy atom. The minimum Gasteiger partial charge on any atom is -0.493 e. The first-order valence-electron chi connectivity index (χ1n) is 8.07. The summed E-state index contributed by atoms with van der Waals surface area (Å²) < 4.78 is 11.1. The number of rotatable bonds is 8. The SMILES string of the molecule is CCCC(N)C(=O)NCc1ccc(Oc2ccccc2OC)cc1. The van der Waals surface area contributed by atoms with E-state index in [0.29, 0.717) is 30.2 Å². The van der Waals surface area contributed by atoms with Gasteiger partial charge in [0.2, 0.25) is 5.91 Å². The molecule has 0 radical (unpaired) electrons. The highest BCUT2D eigenvalue weighted by molar-refractivity contribution is 5.81. The van der Waals surface area contributed by atoms with Crippen molar-refractivity contribution in [1.82, 2.24) is 5.32 Å². The summed E-state index contributed by atoms with van der Waals surface area (Å²) in [4.78, 5) is 11.8. The smallest absolute Gasteiger partial charge is 0.237 e. The molecule has 24 heavy (non-hydrogen) atoms. The minimum absolute atomic E-state index is 0.119. The van der Waals surface area contributed by atoms with Crippen LogP contribution in [0.3, 0.4) is 0 Å². The lowest BCUT2D eigenvalue weighted by molar-refractivity contribution is -0.122. The molecule has 0 aliphatic heterocycles. The molecule has 0 aliphatic rings. The molecule has 0 heterocycles. The van der Waals surface area contributed by atoms with Gasteiger partial charge in [-0.15, -0.1) is 0 Å². The van der Waals surface area contributed by atoms with Gasteiger partial charge in [0.15, 0.2) is 11.5 Å². The number of benzene rings is 2. The Bertz CT molecular complexity index is 656. The predicted octanol–water partition coefficient (Wildman–Crippen LogP) is 3.23. The van der Waals surface area contributed by atoms with Gasteiger partial charge in [-0.05, 0) is 36.2 Å². The van der Waals surface area contributed by atoms with Crippen LogP contribution in [0, 0.1) is 0 Å². The van der Waals surface area contributed by atoms with E-state index >= 15 is 0 Å². The molecule has 1 amide bonds. The molecule has 5 heteroatoms. The topological polar surface area (TPSA) is 73.6 Å². The summed E-state index contributed by atoms with van der Waals surface area (Å²) in [6.45, 7) is 2.46. The maximum atomic E-state index is 11.8. The second-order valence-electron chi connectivity index (χ2n) is 5.51. The highest BCUT2D eigenvalue weighted by Crippen LogP contribution is 2.30. The molecule has 2 aromatic rings. The number of carbonyl (C=O) groups is 1. The molecule has 5 nitrogen and oxygen atoms in total. The van der Waals surface area contributed by atoms with Gasteiger partial charge in [-0.3, -0.25) is 4.79 Å². The highest BCUT2D eigenvalue weighted by atomic mass is 16.5. The summed E-state index contributed by atoms with van der Waals surface area (Å²) >= 11 is 0. The van der Waals surface area contributed by atoms with E-state index in [-0.39, 0.29) is 5.91 Å². The molecule has 3 N–H and O–H groups in total. The number of nitrogens with two attached hydrogens (primary N) is 1. The number of methoxy groups -OCH3 is 1. The third-order valence-electron chi connectivity index (χ3n) is 3.62. The van der Waals surface area contributed by atoms with Crippen LogP contribution in [0.15, 0.2) is 48.5 Å². The first-order chi connectivity index (χ1) is 11.6. The molecule has 128 valence electrons. The van der Waals surface area contributed by atoms with E-state index in [4.69, 9.17) is 15.2 Å². The van der Waals surface area contributed by atoms with Crippen LogP contribution in [-0.2, 0) is 11.3 Å². The van der Waals surface area contributed by atoms with Crippen molar-refractivity contribution < 1.29 is 14.3 Å². The van der Waals surface area contributed by atoms with Gasteiger partial charge in [0.05, 0.1) is 13.2 Å². The Labute approximate surface area is 142 Å². The monoisotopic (exact) mass is 328 g/mol. The summed E-state index contributed by atoms with van der Waals surface area (Å²) in [5.41, 5.74) is 6.77. The maximum absolute atomic E-state index is 11.8. The van der Waals surface area contributed by atoms with Crippen molar-refractivity contribution in [3.05, 3.63) is 54.1 Å². The Morgan fingerprint density at radius 2 is 1.79 bits per heavy atom. The fourth-order valence-electron chi connectivity index (χ4n) is 2.27. The number of amides is 1. The zero-order valence-corrected chi connectivity index (χ0v) is 14.1. The summed E-state index contributed by atoms with van der Waals surface area (Å²) in [7, 11) is 1.61. The van der Waals surface area contributed by atoms with Gasteiger partial charge in [0, 0.05) is 6.54 Å². The van der Waals surface area contributed by atoms with E-state index in [1.54, 1.807) is 7.11 Å². The number of nitrogens with one attached hydrogen (secondary N) is 1. The highest BCUT2D eigenvalue weighted by Gasteiger charge is 2.11. The second-order valence-corrected chi connectivity index (χ2v) is 5.51. The van der Waals surface area contributed by atoms with Crippen molar-refractivity contribution in [2.24, 2.45) is 5.73 Å².